The van der Waals surface area contributed by atoms with Gasteiger partial charge in [-0.05, 0) is 54.8 Å². The number of nitrogens with one attached hydrogen (secondary N) is 1. The summed E-state index contributed by atoms with van der Waals surface area (Å²) in [6.45, 7) is -0.0646. The number of aromatic nitrogens is 1. The predicted molar refractivity (Wildman–Crippen MR) is 101 cm³/mol. The predicted octanol–water partition coefficient (Wildman–Crippen LogP) is 3.87. The van der Waals surface area contributed by atoms with Crippen LogP contribution in [0, 0.1) is 0 Å². The molecule has 1 aliphatic carbocycles. The van der Waals surface area contributed by atoms with Gasteiger partial charge in [0.05, 0.1) is 24.8 Å². The summed E-state index contributed by atoms with van der Waals surface area (Å²) in [6.07, 6.45) is 2.24. The molecule has 5 nitrogen and oxygen atoms in total. The van der Waals surface area contributed by atoms with Crippen molar-refractivity contribution in [2.24, 2.45) is 0 Å². The summed E-state index contributed by atoms with van der Waals surface area (Å²) in [7, 11) is 1.60. The normalized spacial score (nSPS) is 13.6. The lowest BCUT2D eigenvalue weighted by atomic mass is 10.0. The highest BCUT2D eigenvalue weighted by Gasteiger charge is 2.27. The van der Waals surface area contributed by atoms with E-state index in [-0.39, 0.29) is 12.5 Å². The number of anilines is 1. The molecule has 1 heterocycles. The van der Waals surface area contributed by atoms with Crippen molar-refractivity contribution in [1.29, 1.82) is 0 Å². The molecule has 26 heavy (non-hydrogen) atoms. The van der Waals surface area contributed by atoms with Crippen LogP contribution in [0.3, 0.4) is 0 Å². The summed E-state index contributed by atoms with van der Waals surface area (Å²) in [5.41, 5.74) is 3.76. The number of carbonyl (C=O) groups is 1. The third-order valence-corrected chi connectivity index (χ3v) is 4.64. The number of pyridine rings is 1. The highest BCUT2D eigenvalue weighted by molar-refractivity contribution is 6.12. The average Bonchev–Trinajstić information content (AvgIpc) is 3.52. The van der Waals surface area contributed by atoms with Crippen molar-refractivity contribution >= 4 is 22.5 Å². The van der Waals surface area contributed by atoms with Crippen LogP contribution in [-0.4, -0.2) is 23.1 Å². The molecule has 2 aromatic carbocycles. The lowest BCUT2D eigenvalue weighted by Gasteiger charge is -2.12. The Hall–Kier alpha value is -2.92. The highest BCUT2D eigenvalue weighted by atomic mass is 16.5. The van der Waals surface area contributed by atoms with Gasteiger partial charge in [-0.25, -0.2) is 0 Å². The van der Waals surface area contributed by atoms with Gasteiger partial charge in [-0.3, -0.25) is 9.78 Å². The second kappa shape index (κ2) is 6.77. The van der Waals surface area contributed by atoms with E-state index in [0.717, 1.165) is 35.0 Å². The van der Waals surface area contributed by atoms with Gasteiger partial charge in [0.1, 0.15) is 5.75 Å². The number of rotatable bonds is 5. The van der Waals surface area contributed by atoms with Crippen LogP contribution in [0.15, 0.2) is 48.5 Å². The molecule has 5 heteroatoms. The number of aliphatic hydroxyl groups is 1. The number of benzene rings is 2. The molecule has 1 aromatic heterocycles. The Bertz CT molecular complexity index is 980. The molecule has 0 aliphatic heterocycles. The van der Waals surface area contributed by atoms with Crippen LogP contribution in [0.2, 0.25) is 0 Å². The Labute approximate surface area is 151 Å². The first-order chi connectivity index (χ1) is 12.7. The Balaban J connectivity index is 1.76. The van der Waals surface area contributed by atoms with Gasteiger partial charge in [-0.1, -0.05) is 12.1 Å². The van der Waals surface area contributed by atoms with Gasteiger partial charge in [0.15, 0.2) is 0 Å². The molecule has 0 spiro atoms. The lowest BCUT2D eigenvalue weighted by Crippen LogP contribution is -2.13. The van der Waals surface area contributed by atoms with Crippen LogP contribution in [0.1, 0.15) is 40.4 Å². The first-order valence-electron chi connectivity index (χ1n) is 8.68. The number of ether oxygens (including phenoxy) is 1. The van der Waals surface area contributed by atoms with E-state index in [1.54, 1.807) is 13.2 Å². The first-order valence-corrected chi connectivity index (χ1v) is 8.68. The van der Waals surface area contributed by atoms with Crippen molar-refractivity contribution < 1.29 is 14.6 Å². The van der Waals surface area contributed by atoms with Crippen LogP contribution in [0.5, 0.6) is 5.75 Å². The van der Waals surface area contributed by atoms with Gasteiger partial charge in [0.2, 0.25) is 0 Å². The molecule has 132 valence electrons. The Morgan fingerprint density at radius 1 is 1.23 bits per heavy atom. The lowest BCUT2D eigenvalue weighted by molar-refractivity contribution is 0.102. The Morgan fingerprint density at radius 2 is 2.08 bits per heavy atom. The molecule has 1 fully saturated rings. The molecule has 0 bridgehead atoms. The molecule has 1 aliphatic rings. The number of carbonyl (C=O) groups excluding carboxylic acids is 1. The molecule has 1 amide bonds. The summed E-state index contributed by atoms with van der Waals surface area (Å²) >= 11 is 0. The average molecular weight is 348 g/mol. The standard InChI is InChI=1S/C21H20N2O3/c1-26-16-7-8-19-17(10-16)18(11-20(23-19)14-5-6-14)21(25)22-15-4-2-3-13(9-15)12-24/h2-4,7-11,14,24H,5-6,12H2,1H3,(H,22,25). The van der Waals surface area contributed by atoms with Crippen molar-refractivity contribution in [2.75, 3.05) is 12.4 Å². The fourth-order valence-electron chi connectivity index (χ4n) is 3.07. The molecule has 2 N–H and O–H groups in total. The summed E-state index contributed by atoms with van der Waals surface area (Å²) in [5, 5.41) is 13.0. The van der Waals surface area contributed by atoms with Gasteiger partial charge in [-0.2, -0.15) is 0 Å². The van der Waals surface area contributed by atoms with Crippen molar-refractivity contribution in [3.63, 3.8) is 0 Å². The maximum Gasteiger partial charge on any atom is 0.256 e. The van der Waals surface area contributed by atoms with E-state index in [9.17, 15) is 9.90 Å². The largest absolute Gasteiger partial charge is 0.497 e. The summed E-state index contributed by atoms with van der Waals surface area (Å²) in [6, 6.07) is 14.7. The summed E-state index contributed by atoms with van der Waals surface area (Å²) < 4.78 is 5.31. The number of methoxy groups -OCH3 is 1. The van der Waals surface area contributed by atoms with Gasteiger partial charge < -0.3 is 15.2 Å². The Morgan fingerprint density at radius 3 is 2.81 bits per heavy atom. The first kappa shape index (κ1) is 16.5. The van der Waals surface area contributed by atoms with E-state index in [1.807, 2.05) is 42.5 Å². The van der Waals surface area contributed by atoms with Crippen LogP contribution < -0.4 is 10.1 Å². The number of aliphatic hydroxyl groups excluding tert-OH is 1. The van der Waals surface area contributed by atoms with Gasteiger partial charge in [-0.15, -0.1) is 0 Å². The Kier molecular flexibility index (Phi) is 4.31. The zero-order chi connectivity index (χ0) is 18.1. The highest BCUT2D eigenvalue weighted by Crippen LogP contribution is 2.40. The third-order valence-electron chi connectivity index (χ3n) is 4.64. The molecule has 4 rings (SSSR count). The monoisotopic (exact) mass is 348 g/mol. The van der Waals surface area contributed by atoms with Crippen molar-refractivity contribution in [1.82, 2.24) is 4.98 Å². The minimum absolute atomic E-state index is 0.0646. The number of nitrogens with zero attached hydrogens (tertiary/aromatic N) is 1. The van der Waals surface area contributed by atoms with Gasteiger partial charge in [0, 0.05) is 22.7 Å². The topological polar surface area (TPSA) is 71.5 Å². The van der Waals surface area contributed by atoms with E-state index in [0.29, 0.717) is 22.9 Å². The quantitative estimate of drug-likeness (QED) is 0.734. The zero-order valence-corrected chi connectivity index (χ0v) is 14.5. The van der Waals surface area contributed by atoms with E-state index in [2.05, 4.69) is 5.32 Å². The van der Waals surface area contributed by atoms with E-state index in [1.165, 1.54) is 0 Å². The van der Waals surface area contributed by atoms with Crippen molar-refractivity contribution in [3.05, 3.63) is 65.4 Å². The number of fused-ring (bicyclic) bond motifs is 1. The summed E-state index contributed by atoms with van der Waals surface area (Å²) in [5.74, 6) is 0.947. The zero-order valence-electron chi connectivity index (χ0n) is 14.5. The van der Waals surface area contributed by atoms with Crippen LogP contribution in [-0.2, 0) is 6.61 Å². The van der Waals surface area contributed by atoms with Gasteiger partial charge in [0.25, 0.3) is 5.91 Å². The molecular formula is C21H20N2O3. The van der Waals surface area contributed by atoms with Crippen LogP contribution in [0.4, 0.5) is 5.69 Å². The van der Waals surface area contributed by atoms with E-state index >= 15 is 0 Å². The summed E-state index contributed by atoms with van der Waals surface area (Å²) in [4.78, 5) is 17.7. The fraction of sp³-hybridized carbons (Fsp3) is 0.238. The second-order valence-corrected chi connectivity index (χ2v) is 6.56. The molecule has 0 saturated heterocycles. The molecule has 0 unspecified atom stereocenters. The van der Waals surface area contributed by atoms with Gasteiger partial charge >= 0.3 is 0 Å². The minimum Gasteiger partial charge on any atom is -0.497 e. The van der Waals surface area contributed by atoms with Crippen LogP contribution in [0.25, 0.3) is 10.9 Å². The molecule has 0 radical (unpaired) electrons. The second-order valence-electron chi connectivity index (χ2n) is 6.56. The molecule has 0 atom stereocenters. The third kappa shape index (κ3) is 3.26. The SMILES string of the molecule is COc1ccc2nc(C3CC3)cc(C(=O)Nc3cccc(CO)c3)c2c1. The number of hydrogen-bond acceptors (Lipinski definition) is 4. The fourth-order valence-corrected chi connectivity index (χ4v) is 3.07. The number of amides is 1. The molecular weight excluding hydrogens is 328 g/mol. The van der Waals surface area contributed by atoms with Crippen molar-refractivity contribution in [3.8, 4) is 5.75 Å². The smallest absolute Gasteiger partial charge is 0.256 e. The van der Waals surface area contributed by atoms with Crippen LogP contribution >= 0.6 is 0 Å². The minimum atomic E-state index is -0.192. The van der Waals surface area contributed by atoms with E-state index < -0.39 is 0 Å². The molecule has 1 saturated carbocycles. The number of hydrogen-bond donors (Lipinski definition) is 2. The van der Waals surface area contributed by atoms with Crippen molar-refractivity contribution in [2.45, 2.75) is 25.4 Å². The molecule has 3 aromatic rings. The maximum atomic E-state index is 13.0. The maximum absolute atomic E-state index is 13.0. The van der Waals surface area contributed by atoms with E-state index in [4.69, 9.17) is 9.72 Å².